The van der Waals surface area contributed by atoms with Gasteiger partial charge in [-0.1, -0.05) is 20.8 Å². The van der Waals surface area contributed by atoms with Crippen LogP contribution in [0.4, 0.5) is 14.9 Å². The molecule has 0 bridgehead atoms. The summed E-state index contributed by atoms with van der Waals surface area (Å²) in [5.74, 6) is -1.57. The fourth-order valence-corrected chi connectivity index (χ4v) is 1.90. The fourth-order valence-electron chi connectivity index (χ4n) is 1.52. The van der Waals surface area contributed by atoms with Crippen LogP contribution in [0.2, 0.25) is 0 Å². The predicted molar refractivity (Wildman–Crippen MR) is 77.1 cm³/mol. The van der Waals surface area contributed by atoms with Gasteiger partial charge >= 0.3 is 12.0 Å². The third-order valence-corrected chi connectivity index (χ3v) is 3.17. The number of amides is 2. The summed E-state index contributed by atoms with van der Waals surface area (Å²) >= 11 is 3.00. The first-order chi connectivity index (χ1) is 9.11. The lowest BCUT2D eigenvalue weighted by Gasteiger charge is -2.27. The van der Waals surface area contributed by atoms with Crippen molar-refractivity contribution >= 4 is 33.6 Å². The molecule has 2 amide bonds. The van der Waals surface area contributed by atoms with Crippen molar-refractivity contribution in [1.29, 1.82) is 0 Å². The molecule has 1 rings (SSSR count). The number of carbonyl (C=O) groups excluding carboxylic acids is 1. The van der Waals surface area contributed by atoms with Crippen molar-refractivity contribution in [2.75, 3.05) is 5.32 Å². The Morgan fingerprint density at radius 3 is 2.40 bits per heavy atom. The molecule has 0 heterocycles. The van der Waals surface area contributed by atoms with E-state index in [9.17, 15) is 14.0 Å². The second-order valence-corrected chi connectivity index (χ2v) is 6.22. The fraction of sp³-hybridized carbons (Fsp3) is 0.385. The molecule has 0 aliphatic rings. The summed E-state index contributed by atoms with van der Waals surface area (Å²) in [5, 5.41) is 13.9. The van der Waals surface area contributed by atoms with Crippen LogP contribution in [0.1, 0.15) is 20.8 Å². The molecule has 1 aromatic carbocycles. The summed E-state index contributed by atoms with van der Waals surface area (Å²) in [6.07, 6.45) is 0. The first-order valence-electron chi connectivity index (χ1n) is 5.86. The maximum absolute atomic E-state index is 13.1. The van der Waals surface area contributed by atoms with Gasteiger partial charge < -0.3 is 15.7 Å². The van der Waals surface area contributed by atoms with Gasteiger partial charge in [0.25, 0.3) is 0 Å². The molecule has 0 spiro atoms. The number of anilines is 1. The number of nitrogens with one attached hydrogen (secondary N) is 2. The maximum atomic E-state index is 13.1. The van der Waals surface area contributed by atoms with Crippen LogP contribution < -0.4 is 10.6 Å². The van der Waals surface area contributed by atoms with Crippen LogP contribution in [0.15, 0.2) is 22.7 Å². The Labute approximate surface area is 124 Å². The Kier molecular flexibility index (Phi) is 5.10. The quantitative estimate of drug-likeness (QED) is 0.786. The van der Waals surface area contributed by atoms with Gasteiger partial charge in [-0.15, -0.1) is 0 Å². The van der Waals surface area contributed by atoms with Crippen molar-refractivity contribution in [3.05, 3.63) is 28.5 Å². The zero-order chi connectivity index (χ0) is 15.5. The highest BCUT2D eigenvalue weighted by Gasteiger charge is 2.32. The van der Waals surface area contributed by atoms with Gasteiger partial charge in [-0.2, -0.15) is 0 Å². The zero-order valence-electron chi connectivity index (χ0n) is 11.3. The molecule has 1 atom stereocenters. The molecular formula is C13H16BrFN2O3. The van der Waals surface area contributed by atoms with E-state index in [-0.39, 0.29) is 4.47 Å². The highest BCUT2D eigenvalue weighted by atomic mass is 79.9. The number of carbonyl (C=O) groups is 2. The van der Waals surface area contributed by atoms with Gasteiger partial charge in [-0.05, 0) is 39.5 Å². The molecule has 0 saturated heterocycles. The van der Waals surface area contributed by atoms with E-state index in [2.05, 4.69) is 26.6 Å². The third kappa shape index (κ3) is 4.48. The van der Waals surface area contributed by atoms with Crippen molar-refractivity contribution in [2.45, 2.75) is 26.8 Å². The molecular weight excluding hydrogens is 331 g/mol. The summed E-state index contributed by atoms with van der Waals surface area (Å²) < 4.78 is 13.3. The largest absolute Gasteiger partial charge is 0.480 e. The van der Waals surface area contributed by atoms with Gasteiger partial charge in [0, 0.05) is 5.69 Å². The van der Waals surface area contributed by atoms with Gasteiger partial charge in [0.2, 0.25) is 0 Å². The highest BCUT2D eigenvalue weighted by Crippen LogP contribution is 2.21. The number of carboxylic acids is 1. The molecule has 7 heteroatoms. The van der Waals surface area contributed by atoms with Gasteiger partial charge in [-0.25, -0.2) is 14.0 Å². The van der Waals surface area contributed by atoms with E-state index in [1.54, 1.807) is 20.8 Å². The molecule has 0 radical (unpaired) electrons. The van der Waals surface area contributed by atoms with Gasteiger partial charge in [0.15, 0.2) is 0 Å². The first kappa shape index (κ1) is 16.4. The van der Waals surface area contributed by atoms with Crippen molar-refractivity contribution < 1.29 is 19.1 Å². The maximum Gasteiger partial charge on any atom is 0.326 e. The average molecular weight is 347 g/mol. The van der Waals surface area contributed by atoms with Crippen molar-refractivity contribution in [1.82, 2.24) is 5.32 Å². The molecule has 20 heavy (non-hydrogen) atoms. The Morgan fingerprint density at radius 2 is 1.95 bits per heavy atom. The lowest BCUT2D eigenvalue weighted by atomic mass is 9.87. The minimum atomic E-state index is -1.12. The number of aliphatic carboxylic acids is 1. The van der Waals surface area contributed by atoms with Gasteiger partial charge in [0.1, 0.15) is 11.9 Å². The molecule has 0 fully saturated rings. The Balaban J connectivity index is 2.76. The topological polar surface area (TPSA) is 78.4 Å². The molecule has 1 unspecified atom stereocenters. The van der Waals surface area contributed by atoms with Crippen LogP contribution in [0.25, 0.3) is 0 Å². The van der Waals surface area contributed by atoms with Crippen LogP contribution in [0.5, 0.6) is 0 Å². The molecule has 0 aliphatic heterocycles. The summed E-state index contributed by atoms with van der Waals surface area (Å²) in [6, 6.07) is 2.27. The minimum Gasteiger partial charge on any atom is -0.480 e. The molecule has 0 saturated carbocycles. The van der Waals surface area contributed by atoms with E-state index in [1.807, 2.05) is 0 Å². The van der Waals surface area contributed by atoms with E-state index >= 15 is 0 Å². The second-order valence-electron chi connectivity index (χ2n) is 5.36. The van der Waals surface area contributed by atoms with Crippen molar-refractivity contribution in [3.8, 4) is 0 Å². The van der Waals surface area contributed by atoms with Gasteiger partial charge in [-0.3, -0.25) is 0 Å². The van der Waals surface area contributed by atoms with E-state index in [1.165, 1.54) is 18.2 Å². The summed E-state index contributed by atoms with van der Waals surface area (Å²) in [6.45, 7) is 5.13. The van der Waals surface area contributed by atoms with Crippen molar-refractivity contribution in [2.24, 2.45) is 5.41 Å². The van der Waals surface area contributed by atoms with Crippen LogP contribution in [-0.4, -0.2) is 23.1 Å². The molecule has 5 nitrogen and oxygen atoms in total. The third-order valence-electron chi connectivity index (χ3n) is 2.57. The van der Waals surface area contributed by atoms with Crippen LogP contribution in [0, 0.1) is 11.2 Å². The number of benzene rings is 1. The minimum absolute atomic E-state index is 0.209. The van der Waals surface area contributed by atoms with Crippen LogP contribution in [0.3, 0.4) is 0 Å². The summed E-state index contributed by atoms with van der Waals surface area (Å²) in [7, 11) is 0. The summed E-state index contributed by atoms with van der Waals surface area (Å²) in [5.41, 5.74) is -0.277. The Bertz CT molecular complexity index is 529. The van der Waals surface area contributed by atoms with E-state index in [0.717, 1.165) is 0 Å². The molecule has 110 valence electrons. The lowest BCUT2D eigenvalue weighted by molar-refractivity contribution is -0.141. The lowest BCUT2D eigenvalue weighted by Crippen LogP contribution is -2.50. The normalized spacial score (nSPS) is 12.7. The zero-order valence-corrected chi connectivity index (χ0v) is 12.9. The second kappa shape index (κ2) is 6.21. The molecule has 3 N–H and O–H groups in total. The highest BCUT2D eigenvalue weighted by molar-refractivity contribution is 9.10. The SMILES string of the molecule is CC(C)(C)C(NC(=O)Nc1ccc(F)c(Br)c1)C(=O)O. The van der Waals surface area contributed by atoms with Gasteiger partial charge in [0.05, 0.1) is 4.47 Å². The molecule has 1 aromatic rings. The average Bonchev–Trinajstić information content (AvgIpc) is 2.29. The monoisotopic (exact) mass is 346 g/mol. The smallest absolute Gasteiger partial charge is 0.326 e. The molecule has 0 aliphatic carbocycles. The number of urea groups is 1. The number of hydrogen-bond donors (Lipinski definition) is 3. The Hall–Kier alpha value is -1.63. The number of hydrogen-bond acceptors (Lipinski definition) is 2. The molecule has 0 aromatic heterocycles. The summed E-state index contributed by atoms with van der Waals surface area (Å²) in [4.78, 5) is 22.9. The first-order valence-corrected chi connectivity index (χ1v) is 6.66. The van der Waals surface area contributed by atoms with E-state index in [0.29, 0.717) is 5.69 Å². The number of carboxylic acid groups (broad SMARTS) is 1. The van der Waals surface area contributed by atoms with E-state index < -0.39 is 29.3 Å². The van der Waals surface area contributed by atoms with Crippen LogP contribution >= 0.6 is 15.9 Å². The van der Waals surface area contributed by atoms with Crippen LogP contribution in [-0.2, 0) is 4.79 Å². The Morgan fingerprint density at radius 1 is 1.35 bits per heavy atom. The van der Waals surface area contributed by atoms with Crippen molar-refractivity contribution in [3.63, 3.8) is 0 Å². The number of halogens is 2. The predicted octanol–water partition coefficient (Wildman–Crippen LogP) is 3.21. The van der Waals surface area contributed by atoms with E-state index in [4.69, 9.17) is 5.11 Å². The number of rotatable bonds is 3. The standard InChI is InChI=1S/C13H16BrFN2O3/c1-13(2,3)10(11(18)19)17-12(20)16-7-4-5-9(15)8(14)6-7/h4-6,10H,1-3H3,(H,18,19)(H2,16,17,20).